The van der Waals surface area contributed by atoms with Gasteiger partial charge in [0.15, 0.2) is 0 Å². The van der Waals surface area contributed by atoms with Crippen LogP contribution in [0.15, 0.2) is 36.8 Å². The molecule has 9 N–H and O–H groups in total. The molecule has 3 heterocycles. The lowest BCUT2D eigenvalue weighted by atomic mass is 10.1. The Hall–Kier alpha value is -3.20. The molecule has 0 spiro atoms. The van der Waals surface area contributed by atoms with Crippen molar-refractivity contribution in [2.75, 3.05) is 31.2 Å². The number of carbonyl (C=O) groups is 1. The maximum atomic E-state index is 12.6. The third kappa shape index (κ3) is 8.49. The van der Waals surface area contributed by atoms with Crippen molar-refractivity contribution >= 4 is 51.9 Å². The molecule has 3 aromatic rings. The van der Waals surface area contributed by atoms with E-state index in [1.165, 1.54) is 17.1 Å². The number of phosphoric acid groups is 3. The van der Waals surface area contributed by atoms with Crippen LogP contribution in [0.3, 0.4) is 0 Å². The summed E-state index contributed by atoms with van der Waals surface area (Å²) in [6, 6.07) is 6.93. The molecule has 44 heavy (non-hydrogen) atoms. The van der Waals surface area contributed by atoms with Gasteiger partial charge in [-0.2, -0.15) is 8.62 Å². The number of ether oxygens (including phenoxy) is 1. The maximum Gasteiger partial charge on any atom is 0.490 e. The van der Waals surface area contributed by atoms with Crippen molar-refractivity contribution in [1.29, 1.82) is 0 Å². The number of aromatic nitrogens is 3. The zero-order valence-electron chi connectivity index (χ0n) is 22.6. The highest BCUT2D eigenvalue weighted by molar-refractivity contribution is 7.66. The molecule has 1 amide bonds. The van der Waals surface area contributed by atoms with E-state index >= 15 is 0 Å². The molecule has 0 saturated carbocycles. The molecule has 2 unspecified atom stereocenters. The van der Waals surface area contributed by atoms with Crippen LogP contribution in [0.2, 0.25) is 0 Å². The molecular weight excluding hydrogens is 649 g/mol. The number of hydrogen-bond acceptors (Lipinski definition) is 13. The topological polar surface area (TPSA) is 287 Å². The molecule has 1 saturated heterocycles. The van der Waals surface area contributed by atoms with Crippen molar-refractivity contribution in [3.05, 3.63) is 47.9 Å². The van der Waals surface area contributed by atoms with Crippen LogP contribution >= 0.6 is 23.5 Å². The SMILES string of the molecule is CNc1ccccc1C(=O)NCC#Cc1cn([C@H]2C[C@H](O)[C@@H](COP(=O)(O)OP(=O)(O)OP(=O)(O)O)O2)c2ncnc(N)c12. The molecule has 19 nitrogen and oxygen atoms in total. The lowest BCUT2D eigenvalue weighted by molar-refractivity contribution is -0.0421. The lowest BCUT2D eigenvalue weighted by Gasteiger charge is -2.19. The second-order valence-corrected chi connectivity index (χ2v) is 13.4. The normalized spacial score (nSPS) is 21.2. The van der Waals surface area contributed by atoms with E-state index in [-0.39, 0.29) is 30.3 Å². The number of hydrogen-bond donors (Lipinski definition) is 8. The third-order valence-corrected chi connectivity index (χ3v) is 9.77. The van der Waals surface area contributed by atoms with E-state index in [1.54, 1.807) is 31.3 Å². The lowest BCUT2D eigenvalue weighted by Crippen LogP contribution is -2.26. The first-order chi connectivity index (χ1) is 20.6. The molecular formula is C22H27N6O13P3. The molecule has 0 radical (unpaired) electrons. The van der Waals surface area contributed by atoms with Crippen LogP contribution in [-0.2, 0) is 31.6 Å². The molecule has 22 heteroatoms. The number of anilines is 2. The van der Waals surface area contributed by atoms with Crippen molar-refractivity contribution in [2.24, 2.45) is 0 Å². The second-order valence-electron chi connectivity index (χ2n) is 9.01. The average molecular weight is 676 g/mol. The number of nitrogens with two attached hydrogens (primary N) is 1. The molecule has 4 rings (SSSR count). The minimum atomic E-state index is -5.71. The number of amides is 1. The van der Waals surface area contributed by atoms with Crippen molar-refractivity contribution in [2.45, 2.75) is 24.9 Å². The monoisotopic (exact) mass is 676 g/mol. The second kappa shape index (κ2) is 13.4. The van der Waals surface area contributed by atoms with Crippen LogP contribution in [0.1, 0.15) is 28.6 Å². The highest BCUT2D eigenvalue weighted by atomic mass is 31.3. The fraction of sp³-hybridized carbons (Fsp3) is 0.318. The molecule has 1 aliphatic rings. The standard InChI is InChI=1S/C22H27N6O13P3/c1-24-15-7-3-2-6-14(15)22(30)25-8-4-5-13-10-28(21-19(13)20(23)26-12-27-21)18-9-16(29)17(39-18)11-38-43(34,35)41-44(36,37)40-42(31,32)33/h2-3,6-7,10,12,16-18,24,29H,8-9,11H2,1H3,(H,25,30)(H,34,35)(H,36,37)(H2,23,26,27)(H2,31,32,33)/t16-,17+,18+/m0/s1. The predicted octanol–water partition coefficient (Wildman–Crippen LogP) is 0.828. The number of phosphoric ester groups is 1. The van der Waals surface area contributed by atoms with Crippen molar-refractivity contribution in [3.63, 3.8) is 0 Å². The van der Waals surface area contributed by atoms with Gasteiger partial charge in [0.1, 0.15) is 30.1 Å². The summed E-state index contributed by atoms with van der Waals surface area (Å²) < 4.78 is 53.5. The van der Waals surface area contributed by atoms with Crippen LogP contribution in [0, 0.1) is 11.8 Å². The van der Waals surface area contributed by atoms with Crippen LogP contribution in [-0.4, -0.2) is 77.5 Å². The van der Waals surface area contributed by atoms with Crippen molar-refractivity contribution in [3.8, 4) is 11.8 Å². The van der Waals surface area contributed by atoms with E-state index in [0.717, 1.165) is 0 Å². The van der Waals surface area contributed by atoms with Gasteiger partial charge in [-0.3, -0.25) is 9.32 Å². The Morgan fingerprint density at radius 2 is 1.89 bits per heavy atom. The number of rotatable bonds is 11. The van der Waals surface area contributed by atoms with E-state index in [4.69, 9.17) is 20.3 Å². The molecule has 5 atom stereocenters. The van der Waals surface area contributed by atoms with Crippen LogP contribution in [0.5, 0.6) is 0 Å². The first kappa shape index (κ1) is 33.7. The Labute approximate surface area is 248 Å². The Morgan fingerprint density at radius 1 is 1.16 bits per heavy atom. The van der Waals surface area contributed by atoms with E-state index in [9.17, 15) is 33.4 Å². The fourth-order valence-corrected chi connectivity index (χ4v) is 7.22. The van der Waals surface area contributed by atoms with Crippen molar-refractivity contribution < 1.29 is 61.1 Å². The Kier molecular flexibility index (Phi) is 10.3. The molecule has 0 bridgehead atoms. The van der Waals surface area contributed by atoms with Gasteiger partial charge in [-0.05, 0) is 12.1 Å². The summed E-state index contributed by atoms with van der Waals surface area (Å²) in [5.74, 6) is 5.49. The highest BCUT2D eigenvalue weighted by Crippen LogP contribution is 2.66. The van der Waals surface area contributed by atoms with Gasteiger partial charge in [-0.1, -0.05) is 24.0 Å². The number of nitrogens with one attached hydrogen (secondary N) is 2. The molecule has 238 valence electrons. The Balaban J connectivity index is 1.45. The molecule has 1 fully saturated rings. The zero-order chi connectivity index (χ0) is 32.3. The third-order valence-electron chi connectivity index (χ3n) is 5.97. The zero-order valence-corrected chi connectivity index (χ0v) is 25.3. The molecule has 0 aliphatic carbocycles. The molecule has 2 aromatic heterocycles. The number of nitrogen functional groups attached to an aromatic ring is 1. The summed E-state index contributed by atoms with van der Waals surface area (Å²) in [4.78, 5) is 57.0. The first-order valence-electron chi connectivity index (χ1n) is 12.4. The summed E-state index contributed by atoms with van der Waals surface area (Å²) >= 11 is 0. The Morgan fingerprint density at radius 3 is 2.59 bits per heavy atom. The minimum absolute atomic E-state index is 0.0154. The number of carbonyl (C=O) groups excluding carboxylic acids is 1. The number of benzene rings is 1. The maximum absolute atomic E-state index is 12.6. The number of nitrogens with zero attached hydrogens (tertiary/aromatic N) is 3. The van der Waals surface area contributed by atoms with Crippen molar-refractivity contribution in [1.82, 2.24) is 19.9 Å². The molecule has 1 aliphatic heterocycles. The summed E-state index contributed by atoms with van der Waals surface area (Å²) in [5.41, 5.74) is 7.80. The van der Waals surface area contributed by atoms with E-state index in [2.05, 4.69) is 45.6 Å². The summed E-state index contributed by atoms with van der Waals surface area (Å²) in [6.45, 7) is -0.862. The van der Waals surface area contributed by atoms with Gasteiger partial charge in [-0.15, -0.1) is 0 Å². The average Bonchev–Trinajstić information content (AvgIpc) is 3.48. The minimum Gasteiger partial charge on any atom is -0.390 e. The van der Waals surface area contributed by atoms with Crippen LogP contribution in [0.25, 0.3) is 11.0 Å². The summed E-state index contributed by atoms with van der Waals surface area (Å²) in [7, 11) is -15.0. The van der Waals surface area contributed by atoms with Gasteiger partial charge in [-0.25, -0.2) is 23.7 Å². The number of para-hydroxylation sites is 1. The highest BCUT2D eigenvalue weighted by Gasteiger charge is 2.43. The van der Waals surface area contributed by atoms with Gasteiger partial charge in [0.05, 0.1) is 35.8 Å². The van der Waals surface area contributed by atoms with Gasteiger partial charge in [0.25, 0.3) is 5.91 Å². The number of aliphatic hydroxyl groups is 1. The van der Waals surface area contributed by atoms with Gasteiger partial charge in [0, 0.05) is 25.4 Å². The smallest absolute Gasteiger partial charge is 0.390 e. The van der Waals surface area contributed by atoms with E-state index in [1.807, 2.05) is 0 Å². The Bertz CT molecular complexity index is 1750. The van der Waals surface area contributed by atoms with Gasteiger partial charge >= 0.3 is 23.5 Å². The van der Waals surface area contributed by atoms with Gasteiger partial charge in [0.2, 0.25) is 0 Å². The summed E-state index contributed by atoms with van der Waals surface area (Å²) in [5, 5.41) is 16.5. The van der Waals surface area contributed by atoms with Crippen LogP contribution < -0.4 is 16.4 Å². The van der Waals surface area contributed by atoms with E-state index < -0.39 is 48.5 Å². The number of fused-ring (bicyclic) bond motifs is 1. The quantitative estimate of drug-likeness (QED) is 0.103. The predicted molar refractivity (Wildman–Crippen MR) is 151 cm³/mol. The largest absolute Gasteiger partial charge is 0.490 e. The van der Waals surface area contributed by atoms with Gasteiger partial charge < -0.3 is 50.4 Å². The first-order valence-corrected chi connectivity index (χ1v) is 16.9. The van der Waals surface area contributed by atoms with E-state index in [0.29, 0.717) is 22.2 Å². The van der Waals surface area contributed by atoms with Crippen LogP contribution in [0.4, 0.5) is 11.5 Å². The number of aliphatic hydroxyl groups excluding tert-OH is 1. The molecule has 1 aromatic carbocycles. The fourth-order valence-electron chi connectivity index (χ4n) is 4.19. The summed E-state index contributed by atoms with van der Waals surface area (Å²) in [6.07, 6.45) is -0.830.